The van der Waals surface area contributed by atoms with Crippen molar-refractivity contribution in [1.82, 2.24) is 4.98 Å². The molecule has 2 rings (SSSR count). The first kappa shape index (κ1) is 14.0. The maximum absolute atomic E-state index is 14.4. The van der Waals surface area contributed by atoms with Crippen molar-refractivity contribution >= 4 is 28.2 Å². The van der Waals surface area contributed by atoms with Gasteiger partial charge in [0, 0.05) is 38.9 Å². The first-order valence-electron chi connectivity index (χ1n) is 6.08. The maximum atomic E-state index is 14.4. The van der Waals surface area contributed by atoms with Gasteiger partial charge in [-0.3, -0.25) is 4.98 Å². The summed E-state index contributed by atoms with van der Waals surface area (Å²) in [6.07, 6.45) is 2.36. The molecule has 0 fully saturated rings. The molecule has 0 unspecified atom stereocenters. The van der Waals surface area contributed by atoms with E-state index < -0.39 is 0 Å². The van der Waals surface area contributed by atoms with E-state index in [0.717, 1.165) is 13.0 Å². The molecule has 2 aromatic rings. The predicted octanol–water partition coefficient (Wildman–Crippen LogP) is 3.50. The third-order valence-corrected chi connectivity index (χ3v) is 3.36. The third kappa shape index (κ3) is 2.96. The molecule has 0 aliphatic rings. The van der Waals surface area contributed by atoms with Crippen molar-refractivity contribution in [1.29, 1.82) is 0 Å². The Morgan fingerprint density at radius 1 is 1.37 bits per heavy atom. The molecule has 1 heterocycles. The number of methoxy groups -OCH3 is 1. The van der Waals surface area contributed by atoms with Crippen molar-refractivity contribution in [3.63, 3.8) is 0 Å². The van der Waals surface area contributed by atoms with E-state index in [9.17, 15) is 4.39 Å². The standard InChI is InChI=1S/C14H16ClFN2O/c1-18(8-3-9-19-2)12-5-4-10-11(15)6-7-17-14(10)13(12)16/h4-7H,3,8-9H2,1-2H3. The molecule has 0 saturated heterocycles. The third-order valence-electron chi connectivity index (χ3n) is 3.03. The van der Waals surface area contributed by atoms with Gasteiger partial charge in [0.1, 0.15) is 5.52 Å². The van der Waals surface area contributed by atoms with Crippen LogP contribution in [0.1, 0.15) is 6.42 Å². The van der Waals surface area contributed by atoms with E-state index in [2.05, 4.69) is 4.98 Å². The molecule has 19 heavy (non-hydrogen) atoms. The highest BCUT2D eigenvalue weighted by molar-refractivity contribution is 6.35. The van der Waals surface area contributed by atoms with Gasteiger partial charge in [0.15, 0.2) is 5.82 Å². The Labute approximate surface area is 116 Å². The molecule has 3 nitrogen and oxygen atoms in total. The molecule has 102 valence electrons. The lowest BCUT2D eigenvalue weighted by Crippen LogP contribution is -2.21. The van der Waals surface area contributed by atoms with Crippen molar-refractivity contribution in [2.45, 2.75) is 6.42 Å². The van der Waals surface area contributed by atoms with E-state index in [0.29, 0.717) is 28.2 Å². The van der Waals surface area contributed by atoms with Gasteiger partial charge in [-0.2, -0.15) is 0 Å². The minimum atomic E-state index is -0.333. The van der Waals surface area contributed by atoms with Gasteiger partial charge in [-0.25, -0.2) is 4.39 Å². The van der Waals surface area contributed by atoms with Crippen molar-refractivity contribution in [3.05, 3.63) is 35.2 Å². The number of fused-ring (bicyclic) bond motifs is 1. The van der Waals surface area contributed by atoms with Gasteiger partial charge in [0.25, 0.3) is 0 Å². The maximum Gasteiger partial charge on any atom is 0.172 e. The average Bonchev–Trinajstić information content (AvgIpc) is 2.40. The second-order valence-electron chi connectivity index (χ2n) is 4.36. The van der Waals surface area contributed by atoms with E-state index in [1.54, 1.807) is 25.3 Å². The Balaban J connectivity index is 2.32. The summed E-state index contributed by atoms with van der Waals surface area (Å²) in [5.74, 6) is -0.333. The molecular formula is C14H16ClFN2O. The van der Waals surface area contributed by atoms with Crippen molar-refractivity contribution in [2.24, 2.45) is 0 Å². The zero-order valence-corrected chi connectivity index (χ0v) is 11.7. The summed E-state index contributed by atoms with van der Waals surface area (Å²) in [6, 6.07) is 5.19. The van der Waals surface area contributed by atoms with Crippen LogP contribution in [0, 0.1) is 5.82 Å². The van der Waals surface area contributed by atoms with Gasteiger partial charge in [0.2, 0.25) is 0 Å². The van der Waals surface area contributed by atoms with Crippen LogP contribution in [0.2, 0.25) is 5.02 Å². The monoisotopic (exact) mass is 282 g/mol. The molecule has 0 aliphatic heterocycles. The van der Waals surface area contributed by atoms with Gasteiger partial charge in [-0.15, -0.1) is 0 Å². The van der Waals surface area contributed by atoms with Crippen LogP contribution >= 0.6 is 11.6 Å². The smallest absolute Gasteiger partial charge is 0.172 e. The fraction of sp³-hybridized carbons (Fsp3) is 0.357. The fourth-order valence-electron chi connectivity index (χ4n) is 2.00. The van der Waals surface area contributed by atoms with Crippen LogP contribution in [0.15, 0.2) is 24.4 Å². The Morgan fingerprint density at radius 3 is 2.89 bits per heavy atom. The Kier molecular flexibility index (Phi) is 4.56. The lowest BCUT2D eigenvalue weighted by Gasteiger charge is -2.20. The van der Waals surface area contributed by atoms with E-state index in [-0.39, 0.29) is 5.82 Å². The Hall–Kier alpha value is -1.39. The normalized spacial score (nSPS) is 10.9. The lowest BCUT2D eigenvalue weighted by molar-refractivity contribution is 0.196. The summed E-state index contributed by atoms with van der Waals surface area (Å²) in [4.78, 5) is 5.93. The molecule has 0 saturated carbocycles. The number of anilines is 1. The summed E-state index contributed by atoms with van der Waals surface area (Å²) < 4.78 is 19.4. The molecule has 0 bridgehead atoms. The molecule has 1 aromatic heterocycles. The van der Waals surface area contributed by atoms with Crippen LogP contribution in [0.3, 0.4) is 0 Å². The topological polar surface area (TPSA) is 25.4 Å². The molecule has 0 aliphatic carbocycles. The Bertz CT molecular complexity index is 577. The first-order valence-corrected chi connectivity index (χ1v) is 6.45. The lowest BCUT2D eigenvalue weighted by atomic mass is 10.1. The van der Waals surface area contributed by atoms with Crippen molar-refractivity contribution in [3.8, 4) is 0 Å². The van der Waals surface area contributed by atoms with Crippen LogP contribution < -0.4 is 4.90 Å². The minimum Gasteiger partial charge on any atom is -0.385 e. The van der Waals surface area contributed by atoms with Crippen LogP contribution in [0.5, 0.6) is 0 Å². The van der Waals surface area contributed by atoms with Crippen LogP contribution in [0.25, 0.3) is 10.9 Å². The molecule has 0 amide bonds. The summed E-state index contributed by atoms with van der Waals surface area (Å²) in [5.41, 5.74) is 0.835. The summed E-state index contributed by atoms with van der Waals surface area (Å²) in [6.45, 7) is 1.38. The molecule has 5 heteroatoms. The number of pyridine rings is 1. The first-order chi connectivity index (χ1) is 9.15. The highest BCUT2D eigenvalue weighted by Crippen LogP contribution is 2.29. The zero-order chi connectivity index (χ0) is 13.8. The van der Waals surface area contributed by atoms with Crippen LogP contribution in [-0.4, -0.2) is 32.3 Å². The summed E-state index contributed by atoms with van der Waals surface area (Å²) in [5, 5.41) is 1.15. The number of rotatable bonds is 5. The van der Waals surface area contributed by atoms with E-state index >= 15 is 0 Å². The average molecular weight is 283 g/mol. The van der Waals surface area contributed by atoms with Crippen molar-refractivity contribution in [2.75, 3.05) is 32.2 Å². The predicted molar refractivity (Wildman–Crippen MR) is 76.5 cm³/mol. The van der Waals surface area contributed by atoms with Crippen LogP contribution in [0.4, 0.5) is 10.1 Å². The number of benzene rings is 1. The van der Waals surface area contributed by atoms with Crippen LogP contribution in [-0.2, 0) is 4.74 Å². The molecule has 0 spiro atoms. The van der Waals surface area contributed by atoms with Gasteiger partial charge in [-0.1, -0.05) is 11.6 Å². The summed E-state index contributed by atoms with van der Waals surface area (Å²) in [7, 11) is 3.51. The highest BCUT2D eigenvalue weighted by atomic mass is 35.5. The van der Waals surface area contributed by atoms with E-state index in [1.807, 2.05) is 11.9 Å². The van der Waals surface area contributed by atoms with Gasteiger partial charge in [-0.05, 0) is 24.6 Å². The number of hydrogen-bond acceptors (Lipinski definition) is 3. The number of nitrogens with zero attached hydrogens (tertiary/aromatic N) is 2. The fourth-order valence-corrected chi connectivity index (χ4v) is 2.21. The number of hydrogen-bond donors (Lipinski definition) is 0. The highest BCUT2D eigenvalue weighted by Gasteiger charge is 2.13. The molecule has 0 N–H and O–H groups in total. The van der Waals surface area contributed by atoms with Gasteiger partial charge in [0.05, 0.1) is 10.7 Å². The SMILES string of the molecule is COCCCN(C)c1ccc2c(Cl)ccnc2c1F. The number of halogens is 2. The Morgan fingerprint density at radius 2 is 2.16 bits per heavy atom. The van der Waals surface area contributed by atoms with Crippen molar-refractivity contribution < 1.29 is 9.13 Å². The quantitative estimate of drug-likeness (QED) is 0.785. The number of ether oxygens (including phenoxy) is 1. The molecule has 0 radical (unpaired) electrons. The van der Waals surface area contributed by atoms with E-state index in [4.69, 9.17) is 16.3 Å². The summed E-state index contributed by atoms with van der Waals surface area (Å²) >= 11 is 6.03. The largest absolute Gasteiger partial charge is 0.385 e. The van der Waals surface area contributed by atoms with Gasteiger partial charge >= 0.3 is 0 Å². The van der Waals surface area contributed by atoms with E-state index in [1.165, 1.54) is 6.20 Å². The molecular weight excluding hydrogens is 267 g/mol. The van der Waals surface area contributed by atoms with Gasteiger partial charge < -0.3 is 9.64 Å². The molecule has 1 aromatic carbocycles. The number of aromatic nitrogens is 1. The second kappa shape index (κ2) is 6.17. The zero-order valence-electron chi connectivity index (χ0n) is 11.0. The second-order valence-corrected chi connectivity index (χ2v) is 4.76. The minimum absolute atomic E-state index is 0.309. The molecule has 0 atom stereocenters.